The molecule has 1 aromatic rings. The average molecular weight is 379 g/mol. The van der Waals surface area contributed by atoms with Gasteiger partial charge in [-0.05, 0) is 38.2 Å². The zero-order valence-corrected chi connectivity index (χ0v) is 15.3. The van der Waals surface area contributed by atoms with Crippen molar-refractivity contribution >= 4 is 0 Å². The van der Waals surface area contributed by atoms with Gasteiger partial charge in [-0.15, -0.1) is 0 Å². The second-order valence-electron chi connectivity index (χ2n) is 7.25. The zero-order valence-electron chi connectivity index (χ0n) is 15.3. The maximum atomic E-state index is 12.8. The Hall–Kier alpha value is -2.13. The minimum Gasteiger partial charge on any atom is -0.487 e. The topological polar surface area (TPSA) is 104 Å². The predicted octanol–water partition coefficient (Wildman–Crippen LogP) is -0.166. The molecule has 0 bridgehead atoms. The van der Waals surface area contributed by atoms with Gasteiger partial charge in [0.1, 0.15) is 12.4 Å². The van der Waals surface area contributed by atoms with Crippen LogP contribution in [0.5, 0.6) is 0 Å². The number of rotatable bonds is 11. The third kappa shape index (κ3) is 4.78. The van der Waals surface area contributed by atoms with Gasteiger partial charge >= 0.3 is 17.1 Å². The summed E-state index contributed by atoms with van der Waals surface area (Å²) in [4.78, 5) is 38.2. The van der Waals surface area contributed by atoms with Gasteiger partial charge in [-0.25, -0.2) is 28.1 Å². The molecule has 0 aromatic carbocycles. The van der Waals surface area contributed by atoms with Crippen LogP contribution in [0.4, 0.5) is 0 Å². The number of hydrogen-bond acceptors (Lipinski definition) is 6. The summed E-state index contributed by atoms with van der Waals surface area (Å²) in [5.41, 5.74) is -1.57. The quantitative estimate of drug-likeness (QED) is 0.495. The maximum Gasteiger partial charge on any atom is 0.336 e. The van der Waals surface area contributed by atoms with Gasteiger partial charge in [0.2, 0.25) is 0 Å². The summed E-state index contributed by atoms with van der Waals surface area (Å²) >= 11 is 0. The summed E-state index contributed by atoms with van der Waals surface area (Å²) in [5.74, 6) is 0.880. The molecule has 0 amide bonds. The Morgan fingerprint density at radius 3 is 1.67 bits per heavy atom. The van der Waals surface area contributed by atoms with Crippen molar-refractivity contribution in [3.05, 3.63) is 43.3 Å². The van der Waals surface area contributed by atoms with Gasteiger partial charge in [-0.2, -0.15) is 0 Å². The third-order valence-electron chi connectivity index (χ3n) is 5.04. The molecule has 1 aromatic heterocycles. The van der Waals surface area contributed by atoms with Crippen molar-refractivity contribution in [3.63, 3.8) is 0 Å². The van der Waals surface area contributed by atoms with E-state index in [0.717, 1.165) is 31.8 Å². The molecule has 2 atom stereocenters. The molecule has 3 aliphatic heterocycles. The van der Waals surface area contributed by atoms with Crippen LogP contribution in [-0.4, -0.2) is 45.7 Å². The largest absolute Gasteiger partial charge is 0.487 e. The second kappa shape index (κ2) is 7.85. The molecule has 3 fully saturated rings. The van der Waals surface area contributed by atoms with E-state index in [4.69, 9.17) is 14.2 Å². The summed E-state index contributed by atoms with van der Waals surface area (Å²) in [6.07, 6.45) is 5.86. The average Bonchev–Trinajstić information content (AvgIpc) is 3.49. The van der Waals surface area contributed by atoms with Crippen LogP contribution < -0.4 is 17.1 Å². The van der Waals surface area contributed by atoms with E-state index in [2.05, 4.69) is 0 Å². The summed E-state index contributed by atoms with van der Waals surface area (Å²) in [6.45, 7) is 2.95. The first-order valence-corrected chi connectivity index (χ1v) is 9.63. The van der Waals surface area contributed by atoms with E-state index in [0.29, 0.717) is 39.0 Å². The summed E-state index contributed by atoms with van der Waals surface area (Å²) in [6, 6.07) is 0. The van der Waals surface area contributed by atoms with E-state index >= 15 is 0 Å². The van der Waals surface area contributed by atoms with Crippen LogP contribution >= 0.6 is 0 Å². The van der Waals surface area contributed by atoms with Crippen molar-refractivity contribution in [1.29, 1.82) is 0 Å². The smallest absolute Gasteiger partial charge is 0.336 e. The second-order valence-corrected chi connectivity index (χ2v) is 7.25. The Morgan fingerprint density at radius 1 is 0.815 bits per heavy atom. The fourth-order valence-corrected chi connectivity index (χ4v) is 3.19. The van der Waals surface area contributed by atoms with Crippen LogP contribution in [-0.2, 0) is 33.8 Å². The number of allylic oxidation sites excluding steroid dienone is 1. The minimum absolute atomic E-state index is 0.238. The number of ether oxygens (including phenoxy) is 3. The van der Waals surface area contributed by atoms with E-state index in [1.165, 1.54) is 13.7 Å². The summed E-state index contributed by atoms with van der Waals surface area (Å²) in [5, 5.41) is 0. The zero-order chi connectivity index (χ0) is 18.8. The number of aromatic nitrogens is 3. The SMILES string of the molecule is O=c1n(CC/C=C2\CO2)c(=O)n(CCCC2CO2)c(=O)n1CCCC1CO1. The molecular formula is C18H25N3O6. The fraction of sp³-hybridized carbons (Fsp3) is 0.722. The van der Waals surface area contributed by atoms with E-state index < -0.39 is 17.1 Å². The van der Waals surface area contributed by atoms with Crippen molar-refractivity contribution < 1.29 is 14.2 Å². The highest BCUT2D eigenvalue weighted by Crippen LogP contribution is 2.16. The normalized spacial score (nSPS) is 24.1. The van der Waals surface area contributed by atoms with Gasteiger partial charge < -0.3 is 14.2 Å². The molecule has 0 spiro atoms. The molecule has 0 radical (unpaired) electrons. The molecule has 148 valence electrons. The molecule has 27 heavy (non-hydrogen) atoms. The number of nitrogens with zero attached hydrogens (tertiary/aromatic N) is 3. The van der Waals surface area contributed by atoms with Crippen molar-refractivity contribution in [1.82, 2.24) is 13.7 Å². The van der Waals surface area contributed by atoms with E-state index in [1.807, 2.05) is 6.08 Å². The van der Waals surface area contributed by atoms with Gasteiger partial charge in [0.15, 0.2) is 0 Å². The molecule has 0 aliphatic carbocycles. The lowest BCUT2D eigenvalue weighted by atomic mass is 10.2. The maximum absolute atomic E-state index is 12.8. The Morgan fingerprint density at radius 2 is 1.26 bits per heavy atom. The first-order valence-electron chi connectivity index (χ1n) is 9.63. The van der Waals surface area contributed by atoms with Crippen molar-refractivity contribution in [3.8, 4) is 0 Å². The molecule has 3 saturated heterocycles. The lowest BCUT2D eigenvalue weighted by Gasteiger charge is -2.13. The van der Waals surface area contributed by atoms with Gasteiger partial charge in [0, 0.05) is 19.6 Å². The highest BCUT2D eigenvalue weighted by molar-refractivity contribution is 5.03. The summed E-state index contributed by atoms with van der Waals surface area (Å²) in [7, 11) is 0. The molecule has 4 heterocycles. The van der Waals surface area contributed by atoms with Crippen molar-refractivity contribution in [2.45, 2.75) is 63.9 Å². The Balaban J connectivity index is 1.55. The molecule has 0 saturated carbocycles. The van der Waals surface area contributed by atoms with Crippen LogP contribution in [0.15, 0.2) is 26.2 Å². The van der Waals surface area contributed by atoms with Crippen LogP contribution in [0.3, 0.4) is 0 Å². The molecule has 3 aliphatic rings. The predicted molar refractivity (Wildman–Crippen MR) is 95.8 cm³/mol. The molecule has 4 rings (SSSR count). The van der Waals surface area contributed by atoms with Gasteiger partial charge in [-0.1, -0.05) is 0 Å². The Bertz CT molecular complexity index is 826. The first-order chi connectivity index (χ1) is 13.1. The molecular weight excluding hydrogens is 354 g/mol. The van der Waals surface area contributed by atoms with Crippen LogP contribution in [0.2, 0.25) is 0 Å². The first kappa shape index (κ1) is 18.2. The Labute approximate surface area is 155 Å². The number of hydrogen-bond donors (Lipinski definition) is 0. The standard InChI is InChI=1S/C18H25N3O6/c22-16-19(7-1-4-13-10-25-13)17(23)21(9-3-6-15-12-27-15)18(24)20(16)8-2-5-14-11-26-14/h4,14-15H,1-3,5-12H2/b13-4+. The molecule has 0 N–H and O–H groups in total. The molecule has 2 unspecified atom stereocenters. The fourth-order valence-electron chi connectivity index (χ4n) is 3.19. The lowest BCUT2D eigenvalue weighted by Crippen LogP contribution is -2.54. The Kier molecular flexibility index (Phi) is 5.31. The van der Waals surface area contributed by atoms with Crippen LogP contribution in [0.25, 0.3) is 0 Å². The van der Waals surface area contributed by atoms with Crippen molar-refractivity contribution in [2.75, 3.05) is 19.8 Å². The van der Waals surface area contributed by atoms with E-state index in [1.54, 1.807) is 0 Å². The van der Waals surface area contributed by atoms with E-state index in [9.17, 15) is 14.4 Å². The number of epoxide rings is 3. The van der Waals surface area contributed by atoms with Gasteiger partial charge in [-0.3, -0.25) is 0 Å². The lowest BCUT2D eigenvalue weighted by molar-refractivity contribution is 0.368. The minimum atomic E-state index is -0.529. The van der Waals surface area contributed by atoms with Gasteiger partial charge in [0.25, 0.3) is 0 Å². The highest BCUT2D eigenvalue weighted by atomic mass is 16.6. The van der Waals surface area contributed by atoms with Crippen LogP contribution in [0, 0.1) is 0 Å². The molecule has 9 heteroatoms. The molecule has 9 nitrogen and oxygen atoms in total. The van der Waals surface area contributed by atoms with Gasteiger partial charge in [0.05, 0.1) is 25.4 Å². The van der Waals surface area contributed by atoms with Crippen molar-refractivity contribution in [2.24, 2.45) is 0 Å². The van der Waals surface area contributed by atoms with Crippen LogP contribution in [0.1, 0.15) is 32.1 Å². The highest BCUT2D eigenvalue weighted by Gasteiger charge is 2.24. The van der Waals surface area contributed by atoms with E-state index in [-0.39, 0.29) is 18.8 Å². The summed E-state index contributed by atoms with van der Waals surface area (Å²) < 4.78 is 19.0. The monoisotopic (exact) mass is 379 g/mol. The third-order valence-corrected chi connectivity index (χ3v) is 5.04.